The minimum Gasteiger partial charge on any atom is -0.497 e. The summed E-state index contributed by atoms with van der Waals surface area (Å²) in [5.41, 5.74) is 7.72. The summed E-state index contributed by atoms with van der Waals surface area (Å²) in [5.74, 6) is 2.51. The smallest absolute Gasteiger partial charge is 0.193 e. The maximum atomic E-state index is 5.98. The average Bonchev–Trinajstić information content (AvgIpc) is 2.60. The highest BCUT2D eigenvalue weighted by Gasteiger charge is 2.06. The molecule has 0 unspecified atom stereocenters. The number of benzene rings is 2. The predicted octanol–water partition coefficient (Wildman–Crippen LogP) is 4.04. The van der Waals surface area contributed by atoms with Gasteiger partial charge >= 0.3 is 0 Å². The third-order valence-corrected chi connectivity index (χ3v) is 3.40. The van der Waals surface area contributed by atoms with Gasteiger partial charge in [0.05, 0.1) is 32.6 Å². The van der Waals surface area contributed by atoms with Gasteiger partial charge in [-0.25, -0.2) is 4.99 Å². The van der Waals surface area contributed by atoms with Crippen molar-refractivity contribution < 1.29 is 14.2 Å². The molecule has 0 atom stereocenters. The lowest BCUT2D eigenvalue weighted by molar-refractivity contribution is 0.242. The fourth-order valence-electron chi connectivity index (χ4n) is 2.21. The number of methoxy groups -OCH3 is 2. The number of ether oxygens (including phenoxy) is 3. The number of nitrogens with zero attached hydrogens (tertiary/aromatic N) is 1. The van der Waals surface area contributed by atoms with Crippen LogP contribution < -0.4 is 25.3 Å². The number of anilines is 1. The Morgan fingerprint density at radius 2 is 1.69 bits per heavy atom. The van der Waals surface area contributed by atoms with Gasteiger partial charge in [0.25, 0.3) is 0 Å². The minimum absolute atomic E-state index is 0. The van der Waals surface area contributed by atoms with E-state index in [0.717, 1.165) is 11.3 Å². The molecule has 2 rings (SSSR count). The van der Waals surface area contributed by atoms with Crippen molar-refractivity contribution in [2.75, 3.05) is 19.5 Å². The molecule has 0 aliphatic heterocycles. The summed E-state index contributed by atoms with van der Waals surface area (Å²) in [5, 5.41) is 3.04. The Balaban J connectivity index is 0.00000338. The van der Waals surface area contributed by atoms with Gasteiger partial charge in [0.1, 0.15) is 17.2 Å². The number of guanidine groups is 1. The third kappa shape index (κ3) is 6.62. The highest BCUT2D eigenvalue weighted by Crippen LogP contribution is 2.28. The van der Waals surface area contributed by atoms with Gasteiger partial charge in [-0.05, 0) is 43.7 Å². The Bertz CT molecular complexity index is 718. The van der Waals surface area contributed by atoms with Crippen molar-refractivity contribution in [2.45, 2.75) is 26.5 Å². The topological polar surface area (TPSA) is 78.1 Å². The van der Waals surface area contributed by atoms with E-state index in [0.29, 0.717) is 29.7 Å². The van der Waals surface area contributed by atoms with Crippen LogP contribution in [0.2, 0.25) is 0 Å². The van der Waals surface area contributed by atoms with Gasteiger partial charge in [0.2, 0.25) is 0 Å². The SMILES string of the molecule is COc1ccc(OC)c(NC(N)=NCc2ccc(OC(C)C)cc2)c1.I. The van der Waals surface area contributed by atoms with E-state index in [2.05, 4.69) is 10.3 Å². The quantitative estimate of drug-likeness (QED) is 0.362. The molecule has 0 fully saturated rings. The molecule has 0 heterocycles. The molecule has 0 aromatic heterocycles. The number of aliphatic imine (C=N–C) groups is 1. The van der Waals surface area contributed by atoms with E-state index >= 15 is 0 Å². The maximum absolute atomic E-state index is 5.98. The summed E-state index contributed by atoms with van der Waals surface area (Å²) >= 11 is 0. The monoisotopic (exact) mass is 471 g/mol. The van der Waals surface area contributed by atoms with Gasteiger partial charge in [0.15, 0.2) is 5.96 Å². The van der Waals surface area contributed by atoms with E-state index in [1.54, 1.807) is 20.3 Å². The maximum Gasteiger partial charge on any atom is 0.193 e. The highest BCUT2D eigenvalue weighted by molar-refractivity contribution is 14.0. The summed E-state index contributed by atoms with van der Waals surface area (Å²) in [6.07, 6.45) is 0.154. The summed E-state index contributed by atoms with van der Waals surface area (Å²) in [4.78, 5) is 4.36. The van der Waals surface area contributed by atoms with Crippen molar-refractivity contribution >= 4 is 35.6 Å². The largest absolute Gasteiger partial charge is 0.497 e. The van der Waals surface area contributed by atoms with Crippen molar-refractivity contribution in [1.82, 2.24) is 0 Å². The van der Waals surface area contributed by atoms with Crippen LogP contribution in [0.3, 0.4) is 0 Å². The zero-order valence-electron chi connectivity index (χ0n) is 15.5. The Hall–Kier alpha value is -2.16. The van der Waals surface area contributed by atoms with Crippen LogP contribution in [0.4, 0.5) is 5.69 Å². The van der Waals surface area contributed by atoms with Crippen molar-refractivity contribution in [2.24, 2.45) is 10.7 Å². The van der Waals surface area contributed by atoms with Crippen LogP contribution >= 0.6 is 24.0 Å². The second-order valence-electron chi connectivity index (χ2n) is 5.70. The fourth-order valence-corrected chi connectivity index (χ4v) is 2.21. The predicted molar refractivity (Wildman–Crippen MR) is 116 cm³/mol. The first kappa shape index (κ1) is 21.9. The molecule has 0 aliphatic rings. The van der Waals surface area contributed by atoms with E-state index < -0.39 is 0 Å². The fraction of sp³-hybridized carbons (Fsp3) is 0.316. The second-order valence-corrected chi connectivity index (χ2v) is 5.70. The molecule has 6 nitrogen and oxygen atoms in total. The molecule has 0 saturated carbocycles. The van der Waals surface area contributed by atoms with Crippen LogP contribution in [0.15, 0.2) is 47.5 Å². The van der Waals surface area contributed by atoms with E-state index in [-0.39, 0.29) is 30.1 Å². The molecule has 0 spiro atoms. The molecule has 142 valence electrons. The average molecular weight is 471 g/mol. The zero-order chi connectivity index (χ0) is 18.2. The normalized spacial score (nSPS) is 10.9. The zero-order valence-corrected chi connectivity index (χ0v) is 17.8. The first-order valence-corrected chi connectivity index (χ1v) is 8.06. The molecule has 0 radical (unpaired) electrons. The summed E-state index contributed by atoms with van der Waals surface area (Å²) in [7, 11) is 3.21. The van der Waals surface area contributed by atoms with Gasteiger partial charge in [-0.15, -0.1) is 24.0 Å². The molecule has 0 aliphatic carbocycles. The van der Waals surface area contributed by atoms with Crippen molar-refractivity contribution in [3.63, 3.8) is 0 Å². The van der Waals surface area contributed by atoms with E-state index in [4.69, 9.17) is 19.9 Å². The van der Waals surface area contributed by atoms with Crippen LogP contribution in [-0.2, 0) is 6.54 Å². The first-order valence-electron chi connectivity index (χ1n) is 8.06. The molecule has 7 heteroatoms. The van der Waals surface area contributed by atoms with Crippen LogP contribution in [0.25, 0.3) is 0 Å². The number of hydrogen-bond acceptors (Lipinski definition) is 4. The van der Waals surface area contributed by atoms with Crippen molar-refractivity contribution in [3.8, 4) is 17.2 Å². The number of halogens is 1. The third-order valence-electron chi connectivity index (χ3n) is 3.40. The first-order chi connectivity index (χ1) is 12.0. The Morgan fingerprint density at radius 3 is 2.27 bits per heavy atom. The van der Waals surface area contributed by atoms with Gasteiger partial charge in [-0.1, -0.05) is 12.1 Å². The number of rotatable bonds is 7. The molecule has 2 aromatic rings. The molecule has 0 amide bonds. The van der Waals surface area contributed by atoms with Crippen molar-refractivity contribution in [1.29, 1.82) is 0 Å². The summed E-state index contributed by atoms with van der Waals surface area (Å²) < 4.78 is 16.1. The lowest BCUT2D eigenvalue weighted by atomic mass is 10.2. The molecule has 2 aromatic carbocycles. The van der Waals surface area contributed by atoms with Crippen LogP contribution in [0.5, 0.6) is 17.2 Å². The van der Waals surface area contributed by atoms with Crippen LogP contribution in [0, 0.1) is 0 Å². The molecule has 3 N–H and O–H groups in total. The summed E-state index contributed by atoms with van der Waals surface area (Å²) in [6.45, 7) is 4.46. The molecule has 0 saturated heterocycles. The van der Waals surface area contributed by atoms with Crippen LogP contribution in [-0.4, -0.2) is 26.3 Å². The highest BCUT2D eigenvalue weighted by atomic mass is 127. The van der Waals surface area contributed by atoms with Crippen LogP contribution in [0.1, 0.15) is 19.4 Å². The van der Waals surface area contributed by atoms with E-state index in [1.807, 2.05) is 50.2 Å². The molecule has 0 bridgehead atoms. The Morgan fingerprint density at radius 1 is 1.04 bits per heavy atom. The Labute approximate surface area is 171 Å². The van der Waals surface area contributed by atoms with Gasteiger partial charge < -0.3 is 25.3 Å². The van der Waals surface area contributed by atoms with Gasteiger partial charge in [0, 0.05) is 6.07 Å². The number of nitrogens with two attached hydrogens (primary N) is 1. The molecule has 26 heavy (non-hydrogen) atoms. The standard InChI is InChI=1S/C19H25N3O3.HI/c1-13(2)25-15-7-5-14(6-8-15)12-21-19(20)22-17-11-16(23-3)9-10-18(17)24-4;/h5-11,13H,12H2,1-4H3,(H3,20,21,22);1H. The van der Waals surface area contributed by atoms with E-state index in [1.165, 1.54) is 0 Å². The Kier molecular flexibility index (Phi) is 9.04. The van der Waals surface area contributed by atoms with Crippen molar-refractivity contribution in [3.05, 3.63) is 48.0 Å². The summed E-state index contributed by atoms with van der Waals surface area (Å²) in [6, 6.07) is 13.2. The lowest BCUT2D eigenvalue weighted by Crippen LogP contribution is -2.23. The van der Waals surface area contributed by atoms with Gasteiger partial charge in [-0.2, -0.15) is 0 Å². The molecular weight excluding hydrogens is 445 g/mol. The number of hydrogen-bond donors (Lipinski definition) is 2. The lowest BCUT2D eigenvalue weighted by Gasteiger charge is -2.12. The number of nitrogens with one attached hydrogen (secondary N) is 1. The van der Waals surface area contributed by atoms with E-state index in [9.17, 15) is 0 Å². The minimum atomic E-state index is 0. The van der Waals surface area contributed by atoms with Gasteiger partial charge in [-0.3, -0.25) is 0 Å². The second kappa shape index (κ2) is 10.7. The molecular formula is C19H26IN3O3.